The molecule has 0 aliphatic carbocycles. The van der Waals surface area contributed by atoms with E-state index in [0.717, 1.165) is 6.42 Å². The van der Waals surface area contributed by atoms with Crippen molar-refractivity contribution in [2.45, 2.75) is 56.2 Å². The highest BCUT2D eigenvalue weighted by molar-refractivity contribution is 7.99. The Hall–Kier alpha value is -1.00. The smallest absolute Gasteiger partial charge is 0.251 e. The van der Waals surface area contributed by atoms with Gasteiger partial charge in [0.25, 0.3) is 5.91 Å². The van der Waals surface area contributed by atoms with Crippen LogP contribution in [0.25, 0.3) is 0 Å². The summed E-state index contributed by atoms with van der Waals surface area (Å²) in [6, 6.07) is 7.67. The molecule has 0 heterocycles. The van der Waals surface area contributed by atoms with Crippen molar-refractivity contribution in [2.75, 3.05) is 6.61 Å². The molecule has 1 aromatic rings. The lowest BCUT2D eigenvalue weighted by Crippen LogP contribution is -2.46. The van der Waals surface area contributed by atoms with Gasteiger partial charge in [-0.3, -0.25) is 4.79 Å². The molecule has 0 aliphatic rings. The number of hydrogen-bond donors (Lipinski definition) is 2. The number of rotatable bonds is 7. The summed E-state index contributed by atoms with van der Waals surface area (Å²) in [5.41, 5.74) is 0.313. The van der Waals surface area contributed by atoms with Gasteiger partial charge in [0.2, 0.25) is 0 Å². The lowest BCUT2D eigenvalue weighted by molar-refractivity contribution is 0.0886. The fourth-order valence-electron chi connectivity index (χ4n) is 1.88. The average Bonchev–Trinajstić information content (AvgIpc) is 2.39. The van der Waals surface area contributed by atoms with Gasteiger partial charge in [-0.2, -0.15) is 0 Å². The second-order valence-corrected chi connectivity index (χ2v) is 7.18. The summed E-state index contributed by atoms with van der Waals surface area (Å²) in [5.74, 6) is -0.0797. The SMILES string of the molecule is CCC(C)(CCO)NC(=O)c1ccc(SC(C)C)cc1. The number of benzene rings is 1. The number of hydrogen-bond acceptors (Lipinski definition) is 3. The molecule has 20 heavy (non-hydrogen) atoms. The zero-order chi connectivity index (χ0) is 15.2. The maximum atomic E-state index is 12.2. The van der Waals surface area contributed by atoms with Gasteiger partial charge >= 0.3 is 0 Å². The first-order valence-electron chi connectivity index (χ1n) is 7.10. The quantitative estimate of drug-likeness (QED) is 0.757. The molecule has 0 radical (unpaired) electrons. The Morgan fingerprint density at radius 1 is 1.35 bits per heavy atom. The topological polar surface area (TPSA) is 49.3 Å². The maximum absolute atomic E-state index is 12.2. The largest absolute Gasteiger partial charge is 0.396 e. The molecular weight excluding hydrogens is 270 g/mol. The van der Waals surface area contributed by atoms with Crippen LogP contribution in [-0.2, 0) is 0 Å². The number of carbonyl (C=O) groups is 1. The minimum atomic E-state index is -0.350. The summed E-state index contributed by atoms with van der Waals surface area (Å²) in [7, 11) is 0. The van der Waals surface area contributed by atoms with Crippen molar-refractivity contribution < 1.29 is 9.90 Å². The lowest BCUT2D eigenvalue weighted by atomic mass is 9.94. The van der Waals surface area contributed by atoms with Crippen LogP contribution in [0.2, 0.25) is 0 Å². The van der Waals surface area contributed by atoms with E-state index in [4.69, 9.17) is 5.11 Å². The Bertz CT molecular complexity index is 431. The van der Waals surface area contributed by atoms with Crippen molar-refractivity contribution in [2.24, 2.45) is 0 Å². The van der Waals surface area contributed by atoms with Crippen LogP contribution < -0.4 is 5.32 Å². The highest BCUT2D eigenvalue weighted by Gasteiger charge is 2.24. The molecule has 2 N–H and O–H groups in total. The molecule has 4 heteroatoms. The van der Waals surface area contributed by atoms with Crippen LogP contribution in [0, 0.1) is 0 Å². The zero-order valence-electron chi connectivity index (χ0n) is 12.8. The van der Waals surface area contributed by atoms with Crippen LogP contribution in [0.15, 0.2) is 29.2 Å². The average molecular weight is 295 g/mol. The standard InChI is InChI=1S/C16H25NO2S/c1-5-16(4,10-11-18)17-15(19)13-6-8-14(9-7-13)20-12(2)3/h6-9,12,18H,5,10-11H2,1-4H3,(H,17,19). The second-order valence-electron chi connectivity index (χ2n) is 5.53. The predicted molar refractivity (Wildman–Crippen MR) is 85.3 cm³/mol. The molecule has 0 fully saturated rings. The van der Waals surface area contributed by atoms with Crippen LogP contribution in [0.5, 0.6) is 0 Å². The lowest BCUT2D eigenvalue weighted by Gasteiger charge is -2.29. The fraction of sp³-hybridized carbons (Fsp3) is 0.562. The van der Waals surface area contributed by atoms with Gasteiger partial charge < -0.3 is 10.4 Å². The van der Waals surface area contributed by atoms with E-state index in [2.05, 4.69) is 19.2 Å². The molecular formula is C16H25NO2S. The van der Waals surface area contributed by atoms with Crippen molar-refractivity contribution in [3.63, 3.8) is 0 Å². The summed E-state index contributed by atoms with van der Waals surface area (Å²) in [6.45, 7) is 8.34. The molecule has 112 valence electrons. The molecule has 0 aromatic heterocycles. The van der Waals surface area contributed by atoms with Gasteiger partial charge in [0.1, 0.15) is 0 Å². The van der Waals surface area contributed by atoms with Crippen molar-refractivity contribution in [3.05, 3.63) is 29.8 Å². The monoisotopic (exact) mass is 295 g/mol. The third-order valence-electron chi connectivity index (χ3n) is 3.35. The first-order chi connectivity index (χ1) is 9.40. The summed E-state index contributed by atoms with van der Waals surface area (Å²) in [4.78, 5) is 13.4. The highest BCUT2D eigenvalue weighted by Crippen LogP contribution is 2.23. The molecule has 1 aromatic carbocycles. The molecule has 0 aliphatic heterocycles. The molecule has 1 unspecified atom stereocenters. The Morgan fingerprint density at radius 3 is 2.40 bits per heavy atom. The van der Waals surface area contributed by atoms with Gasteiger partial charge in [-0.05, 0) is 44.0 Å². The van der Waals surface area contributed by atoms with E-state index in [-0.39, 0.29) is 18.1 Å². The zero-order valence-corrected chi connectivity index (χ0v) is 13.6. The molecule has 0 saturated carbocycles. The van der Waals surface area contributed by atoms with Gasteiger partial charge in [0.15, 0.2) is 0 Å². The number of amides is 1. The second kappa shape index (κ2) is 7.70. The van der Waals surface area contributed by atoms with Crippen LogP contribution in [0.3, 0.4) is 0 Å². The van der Waals surface area contributed by atoms with Crippen molar-refractivity contribution in [1.29, 1.82) is 0 Å². The summed E-state index contributed by atoms with van der Waals surface area (Å²) >= 11 is 1.78. The van der Waals surface area contributed by atoms with Crippen molar-refractivity contribution in [1.82, 2.24) is 5.32 Å². The van der Waals surface area contributed by atoms with E-state index in [9.17, 15) is 4.79 Å². The van der Waals surface area contributed by atoms with Gasteiger partial charge in [-0.15, -0.1) is 11.8 Å². The Labute approximate surface area is 126 Å². The molecule has 0 spiro atoms. The van der Waals surface area contributed by atoms with E-state index in [1.54, 1.807) is 11.8 Å². The molecule has 0 saturated heterocycles. The minimum Gasteiger partial charge on any atom is -0.396 e. The highest BCUT2D eigenvalue weighted by atomic mass is 32.2. The van der Waals surface area contributed by atoms with E-state index in [0.29, 0.717) is 17.2 Å². The minimum absolute atomic E-state index is 0.0780. The molecule has 1 amide bonds. The first-order valence-corrected chi connectivity index (χ1v) is 7.98. The van der Waals surface area contributed by atoms with Gasteiger partial charge in [0, 0.05) is 27.9 Å². The summed E-state index contributed by atoms with van der Waals surface area (Å²) < 4.78 is 0. The van der Waals surface area contributed by atoms with E-state index >= 15 is 0 Å². The third kappa shape index (κ3) is 5.17. The predicted octanol–water partition coefficient (Wildman–Crippen LogP) is 3.47. The van der Waals surface area contributed by atoms with Crippen LogP contribution >= 0.6 is 11.8 Å². The van der Waals surface area contributed by atoms with Gasteiger partial charge in [-0.25, -0.2) is 0 Å². The van der Waals surface area contributed by atoms with E-state index in [1.807, 2.05) is 38.1 Å². The number of aliphatic hydroxyl groups is 1. The molecule has 1 rings (SSSR count). The van der Waals surface area contributed by atoms with Gasteiger partial charge in [-0.1, -0.05) is 20.8 Å². The molecule has 3 nitrogen and oxygen atoms in total. The van der Waals surface area contributed by atoms with E-state index in [1.165, 1.54) is 4.90 Å². The van der Waals surface area contributed by atoms with Crippen LogP contribution in [0.1, 0.15) is 50.9 Å². The normalized spacial score (nSPS) is 14.1. The van der Waals surface area contributed by atoms with Gasteiger partial charge in [0.05, 0.1) is 0 Å². The first kappa shape index (κ1) is 17.1. The van der Waals surface area contributed by atoms with E-state index < -0.39 is 0 Å². The summed E-state index contributed by atoms with van der Waals surface area (Å²) in [5, 5.41) is 12.6. The number of thioether (sulfide) groups is 1. The maximum Gasteiger partial charge on any atom is 0.251 e. The molecule has 0 bridgehead atoms. The Morgan fingerprint density at radius 2 is 1.95 bits per heavy atom. The molecule has 1 atom stereocenters. The van der Waals surface area contributed by atoms with Crippen LogP contribution in [0.4, 0.5) is 0 Å². The third-order valence-corrected chi connectivity index (χ3v) is 4.36. The van der Waals surface area contributed by atoms with Crippen molar-refractivity contribution >= 4 is 17.7 Å². The number of aliphatic hydroxyl groups excluding tert-OH is 1. The number of nitrogens with one attached hydrogen (secondary N) is 1. The van der Waals surface area contributed by atoms with Crippen molar-refractivity contribution in [3.8, 4) is 0 Å². The number of carbonyl (C=O) groups excluding carboxylic acids is 1. The Balaban J connectivity index is 2.72. The fourth-order valence-corrected chi connectivity index (χ4v) is 2.72. The summed E-state index contributed by atoms with van der Waals surface area (Å²) in [6.07, 6.45) is 1.36. The van der Waals surface area contributed by atoms with Crippen LogP contribution in [-0.4, -0.2) is 28.4 Å². The Kier molecular flexibility index (Phi) is 6.56.